The molecule has 1 aliphatic heterocycles. The second-order valence-electron chi connectivity index (χ2n) is 7.74. The molecule has 0 unspecified atom stereocenters. The van der Waals surface area contributed by atoms with E-state index < -0.39 is 0 Å². The number of fused-ring (bicyclic) bond motifs is 1. The first-order valence-corrected chi connectivity index (χ1v) is 11.1. The summed E-state index contributed by atoms with van der Waals surface area (Å²) in [6.07, 6.45) is 2.18. The summed E-state index contributed by atoms with van der Waals surface area (Å²) in [5.74, 6) is 1.47. The first kappa shape index (κ1) is 19.9. The smallest absolute Gasteiger partial charge is 0.278 e. The third kappa shape index (κ3) is 4.60. The SMILES string of the molecule is COc1ccc(CNC(=O)[C@@H](C)[NH+]2CCC(c3nc4ccccc4s3)CC2)cc1. The molecule has 29 heavy (non-hydrogen) atoms. The fourth-order valence-corrected chi connectivity index (χ4v) is 5.14. The number of hydrogen-bond donors (Lipinski definition) is 2. The number of likely N-dealkylation sites (tertiary alicyclic amines) is 1. The second kappa shape index (κ2) is 8.93. The van der Waals surface area contributed by atoms with Gasteiger partial charge in [-0.2, -0.15) is 0 Å². The van der Waals surface area contributed by atoms with E-state index in [1.54, 1.807) is 7.11 Å². The lowest BCUT2D eigenvalue weighted by molar-refractivity contribution is -0.919. The third-order valence-corrected chi connectivity index (χ3v) is 7.12. The van der Waals surface area contributed by atoms with Crippen LogP contribution in [0.15, 0.2) is 48.5 Å². The van der Waals surface area contributed by atoms with Gasteiger partial charge >= 0.3 is 0 Å². The van der Waals surface area contributed by atoms with E-state index in [1.165, 1.54) is 14.6 Å². The monoisotopic (exact) mass is 410 g/mol. The number of thiazole rings is 1. The molecule has 0 bridgehead atoms. The van der Waals surface area contributed by atoms with Gasteiger partial charge in [-0.25, -0.2) is 4.98 Å². The number of methoxy groups -OCH3 is 1. The lowest BCUT2D eigenvalue weighted by Crippen LogP contribution is -3.17. The molecule has 2 heterocycles. The number of nitrogens with zero attached hydrogens (tertiary/aromatic N) is 1. The zero-order valence-electron chi connectivity index (χ0n) is 17.0. The fourth-order valence-electron chi connectivity index (χ4n) is 4.00. The molecule has 3 aromatic rings. The summed E-state index contributed by atoms with van der Waals surface area (Å²) in [6.45, 7) is 4.61. The highest BCUT2D eigenvalue weighted by molar-refractivity contribution is 7.18. The van der Waals surface area contributed by atoms with Gasteiger partial charge in [-0.3, -0.25) is 4.79 Å². The number of ether oxygens (including phenoxy) is 1. The van der Waals surface area contributed by atoms with Crippen LogP contribution in [0.5, 0.6) is 5.75 Å². The minimum Gasteiger partial charge on any atom is -0.497 e. The maximum atomic E-state index is 12.6. The quantitative estimate of drug-likeness (QED) is 0.657. The molecule has 1 amide bonds. The first-order valence-electron chi connectivity index (χ1n) is 10.2. The molecule has 2 aromatic carbocycles. The van der Waals surface area contributed by atoms with Crippen molar-refractivity contribution < 1.29 is 14.4 Å². The van der Waals surface area contributed by atoms with Crippen molar-refractivity contribution in [3.63, 3.8) is 0 Å². The highest BCUT2D eigenvalue weighted by Gasteiger charge is 2.31. The lowest BCUT2D eigenvalue weighted by atomic mass is 9.96. The van der Waals surface area contributed by atoms with Gasteiger partial charge in [0.05, 0.1) is 35.4 Å². The molecule has 0 aliphatic carbocycles. The molecular weight excluding hydrogens is 382 g/mol. The van der Waals surface area contributed by atoms with Crippen LogP contribution in [0.4, 0.5) is 0 Å². The minimum atomic E-state index is -0.0374. The van der Waals surface area contributed by atoms with Gasteiger partial charge in [0.1, 0.15) is 5.75 Å². The Labute approximate surface area is 175 Å². The molecule has 1 atom stereocenters. The maximum absolute atomic E-state index is 12.6. The number of piperidine rings is 1. The highest BCUT2D eigenvalue weighted by atomic mass is 32.1. The number of quaternary nitrogens is 1. The van der Waals surface area contributed by atoms with Crippen LogP contribution in [-0.4, -0.2) is 37.1 Å². The van der Waals surface area contributed by atoms with Crippen molar-refractivity contribution in [3.05, 3.63) is 59.1 Å². The van der Waals surface area contributed by atoms with Crippen molar-refractivity contribution in [1.29, 1.82) is 0 Å². The van der Waals surface area contributed by atoms with Gasteiger partial charge in [0.15, 0.2) is 6.04 Å². The Kier molecular flexibility index (Phi) is 6.11. The van der Waals surface area contributed by atoms with Crippen molar-refractivity contribution in [2.45, 2.75) is 38.3 Å². The molecule has 1 fully saturated rings. The molecule has 4 rings (SSSR count). The predicted octanol–water partition coefficient (Wildman–Crippen LogP) is 2.77. The summed E-state index contributed by atoms with van der Waals surface area (Å²) >= 11 is 1.82. The summed E-state index contributed by atoms with van der Waals surface area (Å²) in [7, 11) is 1.65. The zero-order valence-corrected chi connectivity index (χ0v) is 17.8. The van der Waals surface area contributed by atoms with Crippen LogP contribution in [0.1, 0.15) is 36.3 Å². The molecule has 1 aliphatic rings. The fraction of sp³-hybridized carbons (Fsp3) is 0.391. The summed E-state index contributed by atoms with van der Waals surface area (Å²) in [6, 6.07) is 16.1. The number of amides is 1. The number of para-hydroxylation sites is 1. The second-order valence-corrected chi connectivity index (χ2v) is 8.80. The zero-order chi connectivity index (χ0) is 20.2. The normalized spacial score (nSPS) is 20.3. The van der Waals surface area contributed by atoms with E-state index in [9.17, 15) is 4.79 Å². The lowest BCUT2D eigenvalue weighted by Gasteiger charge is -2.31. The predicted molar refractivity (Wildman–Crippen MR) is 117 cm³/mol. The van der Waals surface area contributed by atoms with Crippen LogP contribution in [0.3, 0.4) is 0 Å². The van der Waals surface area contributed by atoms with Crippen molar-refractivity contribution in [1.82, 2.24) is 10.3 Å². The van der Waals surface area contributed by atoms with Crippen LogP contribution < -0.4 is 15.0 Å². The van der Waals surface area contributed by atoms with Gasteiger partial charge in [0, 0.05) is 25.3 Å². The average Bonchev–Trinajstić information content (AvgIpc) is 3.22. The molecule has 5 nitrogen and oxygen atoms in total. The van der Waals surface area contributed by atoms with E-state index in [4.69, 9.17) is 9.72 Å². The van der Waals surface area contributed by atoms with E-state index in [0.717, 1.165) is 42.8 Å². The van der Waals surface area contributed by atoms with Gasteiger partial charge in [-0.05, 0) is 36.8 Å². The number of hydrogen-bond acceptors (Lipinski definition) is 4. The summed E-state index contributed by atoms with van der Waals surface area (Å²) in [5.41, 5.74) is 2.18. The Morgan fingerprint density at radius 2 is 1.93 bits per heavy atom. The molecule has 1 aromatic heterocycles. The summed E-state index contributed by atoms with van der Waals surface area (Å²) < 4.78 is 6.44. The van der Waals surface area contributed by atoms with E-state index in [0.29, 0.717) is 12.5 Å². The largest absolute Gasteiger partial charge is 0.497 e. The maximum Gasteiger partial charge on any atom is 0.278 e. The van der Waals surface area contributed by atoms with Crippen LogP contribution in [-0.2, 0) is 11.3 Å². The number of aromatic nitrogens is 1. The minimum absolute atomic E-state index is 0.0374. The summed E-state index contributed by atoms with van der Waals surface area (Å²) in [4.78, 5) is 18.8. The van der Waals surface area contributed by atoms with Crippen LogP contribution >= 0.6 is 11.3 Å². The molecule has 1 saturated heterocycles. The van der Waals surface area contributed by atoms with Gasteiger partial charge in [-0.1, -0.05) is 24.3 Å². The van der Waals surface area contributed by atoms with E-state index in [1.807, 2.05) is 48.6 Å². The van der Waals surface area contributed by atoms with E-state index in [2.05, 4.69) is 23.5 Å². The molecule has 6 heteroatoms. The third-order valence-electron chi connectivity index (χ3n) is 5.92. The molecule has 152 valence electrons. The van der Waals surface area contributed by atoms with Gasteiger partial charge in [0.25, 0.3) is 5.91 Å². The van der Waals surface area contributed by atoms with Crippen LogP contribution in [0.25, 0.3) is 10.2 Å². The number of benzene rings is 2. The molecule has 0 saturated carbocycles. The van der Waals surface area contributed by atoms with Crippen LogP contribution in [0.2, 0.25) is 0 Å². The Hall–Kier alpha value is -2.44. The molecule has 0 spiro atoms. The van der Waals surface area contributed by atoms with Crippen LogP contribution in [0, 0.1) is 0 Å². The van der Waals surface area contributed by atoms with Gasteiger partial charge in [-0.15, -0.1) is 11.3 Å². The number of nitrogens with one attached hydrogen (secondary N) is 2. The summed E-state index contributed by atoms with van der Waals surface area (Å²) in [5, 5.41) is 4.33. The number of carbonyl (C=O) groups excluding carboxylic acids is 1. The number of rotatable bonds is 6. The first-order chi connectivity index (χ1) is 14.1. The molecular formula is C23H28N3O2S+. The van der Waals surface area contributed by atoms with Crippen molar-refractivity contribution in [2.75, 3.05) is 20.2 Å². The topological polar surface area (TPSA) is 55.7 Å². The van der Waals surface area contributed by atoms with Gasteiger partial charge in [0.2, 0.25) is 0 Å². The Bertz CT molecular complexity index is 929. The standard InChI is InChI=1S/C23H27N3O2S/c1-16(22(27)24-15-17-7-9-19(28-2)10-8-17)26-13-11-18(12-14-26)23-25-20-5-3-4-6-21(20)29-23/h3-10,16,18H,11-15H2,1-2H3,(H,24,27)/p+1/t16-/m1/s1. The van der Waals surface area contributed by atoms with Gasteiger partial charge < -0.3 is 15.0 Å². The number of carbonyl (C=O) groups is 1. The Morgan fingerprint density at radius 1 is 1.21 bits per heavy atom. The Balaban J connectivity index is 1.28. The van der Waals surface area contributed by atoms with E-state index in [-0.39, 0.29) is 11.9 Å². The van der Waals surface area contributed by atoms with E-state index >= 15 is 0 Å². The molecule has 2 N–H and O–H groups in total. The van der Waals surface area contributed by atoms with Crippen molar-refractivity contribution in [3.8, 4) is 5.75 Å². The Morgan fingerprint density at radius 3 is 2.62 bits per heavy atom. The molecule has 0 radical (unpaired) electrons. The average molecular weight is 411 g/mol. The van der Waals surface area contributed by atoms with Crippen molar-refractivity contribution in [2.24, 2.45) is 0 Å². The highest BCUT2D eigenvalue weighted by Crippen LogP contribution is 2.31. The van der Waals surface area contributed by atoms with Crippen molar-refractivity contribution >= 4 is 27.5 Å².